The lowest BCUT2D eigenvalue weighted by molar-refractivity contribution is 0.630. The SMILES string of the molecule is CC1(C)c2ccccc2-n2c3ccc(-c4ccc(-c5nc6ccccc6n5-c5ccccc5)cc4)cc3c3cccc1c32. The Morgan fingerprint density at radius 2 is 1.21 bits per heavy atom. The zero-order valence-corrected chi connectivity index (χ0v) is 24.1. The molecule has 2 aromatic heterocycles. The first-order chi connectivity index (χ1) is 21.1. The van der Waals surface area contributed by atoms with Gasteiger partial charge in [-0.2, -0.15) is 0 Å². The van der Waals surface area contributed by atoms with Crippen LogP contribution in [0.25, 0.3) is 66.7 Å². The van der Waals surface area contributed by atoms with Crippen molar-refractivity contribution in [3.63, 3.8) is 0 Å². The van der Waals surface area contributed by atoms with Gasteiger partial charge in [0.15, 0.2) is 0 Å². The normalized spacial score (nSPS) is 13.5. The first kappa shape index (κ1) is 24.2. The van der Waals surface area contributed by atoms with Crippen LogP contribution in [0.5, 0.6) is 0 Å². The molecule has 0 radical (unpaired) electrons. The van der Waals surface area contributed by atoms with E-state index < -0.39 is 0 Å². The molecule has 0 atom stereocenters. The number of rotatable bonds is 3. The third kappa shape index (κ3) is 3.39. The smallest absolute Gasteiger partial charge is 0.145 e. The Hall–Kier alpha value is -5.41. The highest BCUT2D eigenvalue weighted by Gasteiger charge is 2.34. The number of benzene rings is 6. The summed E-state index contributed by atoms with van der Waals surface area (Å²) < 4.78 is 4.73. The second-order valence-corrected chi connectivity index (χ2v) is 12.1. The highest BCUT2D eigenvalue weighted by molar-refractivity contribution is 6.12. The van der Waals surface area contributed by atoms with Crippen LogP contribution in [0.15, 0.2) is 140 Å². The van der Waals surface area contributed by atoms with Crippen LogP contribution in [0.4, 0.5) is 0 Å². The Balaban J connectivity index is 1.19. The lowest BCUT2D eigenvalue weighted by atomic mass is 9.75. The van der Waals surface area contributed by atoms with Crippen LogP contribution < -0.4 is 0 Å². The van der Waals surface area contributed by atoms with Crippen LogP contribution in [0.1, 0.15) is 25.0 Å². The summed E-state index contributed by atoms with van der Waals surface area (Å²) in [5, 5.41) is 2.60. The molecule has 1 aliphatic rings. The van der Waals surface area contributed by atoms with Gasteiger partial charge in [-0.15, -0.1) is 0 Å². The number of hydrogen-bond acceptors (Lipinski definition) is 1. The van der Waals surface area contributed by atoms with Gasteiger partial charge in [0, 0.05) is 27.4 Å². The molecule has 0 saturated carbocycles. The number of para-hydroxylation sites is 5. The molecule has 1 aliphatic heterocycles. The van der Waals surface area contributed by atoms with E-state index in [0.29, 0.717) is 0 Å². The summed E-state index contributed by atoms with van der Waals surface area (Å²) in [5.41, 5.74) is 13.3. The average molecular weight is 552 g/mol. The summed E-state index contributed by atoms with van der Waals surface area (Å²) in [7, 11) is 0. The number of aromatic nitrogens is 3. The van der Waals surface area contributed by atoms with Gasteiger partial charge in [0.2, 0.25) is 0 Å². The zero-order chi connectivity index (χ0) is 28.7. The number of fused-ring (bicyclic) bond motifs is 6. The molecule has 3 heteroatoms. The predicted molar refractivity (Wildman–Crippen MR) is 178 cm³/mol. The molecule has 0 bridgehead atoms. The van der Waals surface area contributed by atoms with Gasteiger partial charge >= 0.3 is 0 Å². The van der Waals surface area contributed by atoms with Crippen molar-refractivity contribution in [3.8, 4) is 33.9 Å². The lowest BCUT2D eigenvalue weighted by Crippen LogP contribution is -2.26. The topological polar surface area (TPSA) is 22.8 Å². The Labute approximate surface area is 250 Å². The first-order valence-electron chi connectivity index (χ1n) is 14.9. The van der Waals surface area contributed by atoms with Gasteiger partial charge in [-0.25, -0.2) is 4.98 Å². The van der Waals surface area contributed by atoms with E-state index in [2.05, 4.69) is 156 Å². The predicted octanol–water partition coefficient (Wildman–Crippen LogP) is 10.1. The fourth-order valence-electron chi connectivity index (χ4n) is 7.22. The quantitative estimate of drug-likeness (QED) is 0.214. The maximum atomic E-state index is 5.05. The van der Waals surface area contributed by atoms with Crippen molar-refractivity contribution in [2.24, 2.45) is 0 Å². The van der Waals surface area contributed by atoms with E-state index in [9.17, 15) is 0 Å². The summed E-state index contributed by atoms with van der Waals surface area (Å²) in [4.78, 5) is 5.05. The second-order valence-electron chi connectivity index (χ2n) is 12.1. The molecule has 0 spiro atoms. The van der Waals surface area contributed by atoms with Crippen molar-refractivity contribution in [1.29, 1.82) is 0 Å². The van der Waals surface area contributed by atoms with E-state index in [-0.39, 0.29) is 5.41 Å². The minimum absolute atomic E-state index is 0.0601. The Morgan fingerprint density at radius 1 is 0.512 bits per heavy atom. The monoisotopic (exact) mass is 551 g/mol. The molecule has 0 fully saturated rings. The molecule has 204 valence electrons. The number of imidazole rings is 1. The number of nitrogens with zero attached hydrogens (tertiary/aromatic N) is 3. The largest absolute Gasteiger partial charge is 0.309 e. The van der Waals surface area contributed by atoms with Crippen LogP contribution in [-0.2, 0) is 5.41 Å². The van der Waals surface area contributed by atoms with Crippen molar-refractivity contribution < 1.29 is 0 Å². The molecule has 0 amide bonds. The van der Waals surface area contributed by atoms with Crippen molar-refractivity contribution in [2.75, 3.05) is 0 Å². The maximum absolute atomic E-state index is 5.05. The Morgan fingerprint density at radius 3 is 2.07 bits per heavy atom. The van der Waals surface area contributed by atoms with Gasteiger partial charge in [0.05, 0.1) is 27.8 Å². The summed E-state index contributed by atoms with van der Waals surface area (Å²) in [5.74, 6) is 0.949. The molecule has 6 aromatic carbocycles. The number of hydrogen-bond donors (Lipinski definition) is 0. The van der Waals surface area contributed by atoms with Crippen LogP contribution in [-0.4, -0.2) is 14.1 Å². The van der Waals surface area contributed by atoms with Crippen molar-refractivity contribution in [1.82, 2.24) is 14.1 Å². The van der Waals surface area contributed by atoms with E-state index in [1.54, 1.807) is 0 Å². The maximum Gasteiger partial charge on any atom is 0.145 e. The van der Waals surface area contributed by atoms with Crippen LogP contribution in [0, 0.1) is 0 Å². The van der Waals surface area contributed by atoms with Crippen LogP contribution in [0.3, 0.4) is 0 Å². The Bertz CT molecular complexity index is 2350. The van der Waals surface area contributed by atoms with Crippen molar-refractivity contribution in [2.45, 2.75) is 19.3 Å². The highest BCUT2D eigenvalue weighted by Crippen LogP contribution is 2.47. The van der Waals surface area contributed by atoms with Gasteiger partial charge in [-0.3, -0.25) is 4.57 Å². The zero-order valence-electron chi connectivity index (χ0n) is 24.1. The molecule has 0 saturated heterocycles. The first-order valence-corrected chi connectivity index (χ1v) is 14.9. The van der Waals surface area contributed by atoms with Crippen molar-refractivity contribution >= 4 is 32.8 Å². The molecule has 3 heterocycles. The molecule has 3 nitrogen and oxygen atoms in total. The highest BCUT2D eigenvalue weighted by atomic mass is 15.1. The molecule has 0 aliphatic carbocycles. The average Bonchev–Trinajstić information content (AvgIpc) is 3.61. The molecule has 9 rings (SSSR count). The van der Waals surface area contributed by atoms with E-state index in [1.807, 2.05) is 6.07 Å². The van der Waals surface area contributed by atoms with E-state index in [1.165, 1.54) is 49.7 Å². The molecular formula is C40H29N3. The van der Waals surface area contributed by atoms with E-state index in [4.69, 9.17) is 4.98 Å². The van der Waals surface area contributed by atoms with Crippen LogP contribution in [0.2, 0.25) is 0 Å². The van der Waals surface area contributed by atoms with Gasteiger partial charge in [0.1, 0.15) is 5.82 Å². The van der Waals surface area contributed by atoms with E-state index in [0.717, 1.165) is 28.1 Å². The van der Waals surface area contributed by atoms with Crippen LogP contribution >= 0.6 is 0 Å². The molecule has 43 heavy (non-hydrogen) atoms. The summed E-state index contributed by atoms with van der Waals surface area (Å²) in [6, 6.07) is 50.3. The summed E-state index contributed by atoms with van der Waals surface area (Å²) in [6.07, 6.45) is 0. The van der Waals surface area contributed by atoms with Gasteiger partial charge in [0.25, 0.3) is 0 Å². The third-order valence-electron chi connectivity index (χ3n) is 9.33. The minimum atomic E-state index is -0.0601. The van der Waals surface area contributed by atoms with Crippen molar-refractivity contribution in [3.05, 3.63) is 151 Å². The third-order valence-corrected chi connectivity index (χ3v) is 9.33. The van der Waals surface area contributed by atoms with Gasteiger partial charge in [-0.1, -0.05) is 111 Å². The fraction of sp³-hybridized carbons (Fsp3) is 0.0750. The summed E-state index contributed by atoms with van der Waals surface area (Å²) in [6.45, 7) is 4.70. The Kier molecular flexibility index (Phi) is 4.95. The summed E-state index contributed by atoms with van der Waals surface area (Å²) >= 11 is 0. The molecule has 0 unspecified atom stereocenters. The molecular weight excluding hydrogens is 522 g/mol. The van der Waals surface area contributed by atoms with E-state index >= 15 is 0 Å². The minimum Gasteiger partial charge on any atom is -0.309 e. The fourth-order valence-corrected chi connectivity index (χ4v) is 7.22. The van der Waals surface area contributed by atoms with Gasteiger partial charge < -0.3 is 4.57 Å². The standard InChI is InChI=1S/C40H29N3/c1-40(2)32-14-6-8-17-36(32)43-35-24-23-28(25-31(35)30-13-10-15-33(40)38(30)43)26-19-21-27(22-20-26)39-41-34-16-7-9-18-37(34)42(39)29-11-4-3-5-12-29/h3-25H,1-2H3. The molecule has 0 N–H and O–H groups in total. The lowest BCUT2D eigenvalue weighted by Gasteiger charge is -2.34. The van der Waals surface area contributed by atoms with Gasteiger partial charge in [-0.05, 0) is 64.7 Å². The molecule has 8 aromatic rings. The second kappa shape index (κ2) is 8.80.